The van der Waals surface area contributed by atoms with E-state index in [1.54, 1.807) is 0 Å². The molecule has 10 nitrogen and oxygen atoms in total. The summed E-state index contributed by atoms with van der Waals surface area (Å²) >= 11 is 10.3. The van der Waals surface area contributed by atoms with E-state index in [2.05, 4.69) is 38.3 Å². The zero-order chi connectivity index (χ0) is 31.1. The molecule has 3 amide bonds. The van der Waals surface area contributed by atoms with E-state index in [9.17, 15) is 27.2 Å². The minimum atomic E-state index is -3.57. The molecule has 224 valence electrons. The Hall–Kier alpha value is -3.94. The molecule has 1 unspecified atom stereocenters. The molecule has 0 aliphatic heterocycles. The molecule has 42 heavy (non-hydrogen) atoms. The smallest absolute Gasteiger partial charge is 0.412 e. The van der Waals surface area contributed by atoms with E-state index in [1.807, 2.05) is 0 Å². The van der Waals surface area contributed by atoms with E-state index < -0.39 is 60.0 Å². The van der Waals surface area contributed by atoms with Gasteiger partial charge in [-0.2, -0.15) is 12.6 Å². The number of anilines is 1. The Morgan fingerprint density at radius 2 is 1.98 bits per heavy atom. The van der Waals surface area contributed by atoms with Crippen molar-refractivity contribution in [1.82, 2.24) is 15.2 Å². The lowest BCUT2D eigenvalue weighted by Gasteiger charge is -2.44. The lowest BCUT2D eigenvalue weighted by atomic mass is 9.88. The van der Waals surface area contributed by atoms with Crippen LogP contribution in [-0.4, -0.2) is 58.9 Å². The summed E-state index contributed by atoms with van der Waals surface area (Å²) in [6, 6.07) is 8.62. The van der Waals surface area contributed by atoms with Crippen molar-refractivity contribution in [1.29, 1.82) is 0 Å². The van der Waals surface area contributed by atoms with Gasteiger partial charge in [0.25, 0.3) is 5.92 Å². The number of carbonyl (C=O) groups is 2. The predicted octanol–water partition coefficient (Wildman–Crippen LogP) is 6.95. The van der Waals surface area contributed by atoms with Crippen LogP contribution < -0.4 is 10.6 Å². The molecule has 2 N–H and O–H groups in total. The maximum atomic E-state index is 14.8. The second-order valence-electron chi connectivity index (χ2n) is 9.51. The van der Waals surface area contributed by atoms with Crippen LogP contribution in [0.25, 0.3) is 21.2 Å². The van der Waals surface area contributed by atoms with Crippen molar-refractivity contribution in [3.8, 4) is 0 Å². The fraction of sp³-hybridized carbons (Fsp3) is 0.346. The number of fused-ring (bicyclic) bond motifs is 1. The average Bonchev–Trinajstić information content (AvgIpc) is 2.94. The summed E-state index contributed by atoms with van der Waals surface area (Å²) in [5.74, 6) is -4.71. The van der Waals surface area contributed by atoms with Gasteiger partial charge in [0, 0.05) is 36.5 Å². The van der Waals surface area contributed by atoms with Gasteiger partial charge in [0.1, 0.15) is 24.1 Å². The summed E-state index contributed by atoms with van der Waals surface area (Å²) < 4.78 is 62.1. The molecule has 3 rings (SSSR count). The molecule has 0 saturated carbocycles. The minimum Gasteiger partial charge on any atom is -0.448 e. The first-order valence-electron chi connectivity index (χ1n) is 12.3. The number of amides is 3. The largest absolute Gasteiger partial charge is 0.448 e. The summed E-state index contributed by atoms with van der Waals surface area (Å²) in [6.45, 7) is -0.657. The fourth-order valence-corrected chi connectivity index (χ4v) is 4.57. The van der Waals surface area contributed by atoms with Crippen molar-refractivity contribution in [3.05, 3.63) is 81.3 Å². The maximum absolute atomic E-state index is 14.8. The van der Waals surface area contributed by atoms with Crippen molar-refractivity contribution in [2.24, 2.45) is 5.11 Å². The van der Waals surface area contributed by atoms with Crippen LogP contribution in [0.5, 0.6) is 0 Å². The van der Waals surface area contributed by atoms with Gasteiger partial charge < -0.3 is 15.0 Å². The molecule has 0 fully saturated rings. The number of alkyl halides is 2. The number of carbonyl (C=O) groups excluding carboxylic acids is 2. The van der Waals surface area contributed by atoms with Crippen LogP contribution in [0.3, 0.4) is 0 Å². The van der Waals surface area contributed by atoms with Gasteiger partial charge >= 0.3 is 12.1 Å². The summed E-state index contributed by atoms with van der Waals surface area (Å²) in [6.07, 6.45) is -0.617. The maximum Gasteiger partial charge on any atom is 0.412 e. The Labute approximate surface area is 248 Å². The lowest BCUT2D eigenvalue weighted by molar-refractivity contribution is -0.0427. The number of nitrogens with one attached hydrogen (secondary N) is 2. The monoisotopic (exact) mass is 627 g/mol. The first kappa shape index (κ1) is 32.6. The molecular weight excluding hydrogens is 602 g/mol. The number of hydrogen-bond donors (Lipinski definition) is 3. The molecule has 1 aromatic heterocycles. The number of azide groups is 1. The Morgan fingerprint density at radius 3 is 2.69 bits per heavy atom. The van der Waals surface area contributed by atoms with Gasteiger partial charge in [-0.05, 0) is 53.7 Å². The highest BCUT2D eigenvalue weighted by atomic mass is 35.5. The molecule has 0 spiro atoms. The van der Waals surface area contributed by atoms with Crippen molar-refractivity contribution >= 4 is 52.9 Å². The number of rotatable bonds is 11. The molecule has 0 radical (unpaired) electrons. The topological polar surface area (TPSA) is 132 Å². The van der Waals surface area contributed by atoms with Crippen LogP contribution in [-0.2, 0) is 11.3 Å². The van der Waals surface area contributed by atoms with Crippen molar-refractivity contribution < 1.29 is 31.9 Å². The molecular formula is C26H26ClF4N7O3S. The Balaban J connectivity index is 1.73. The van der Waals surface area contributed by atoms with Crippen molar-refractivity contribution in [2.45, 2.75) is 36.6 Å². The second-order valence-corrected chi connectivity index (χ2v) is 10.5. The van der Waals surface area contributed by atoms with E-state index in [-0.39, 0.29) is 22.9 Å². The summed E-state index contributed by atoms with van der Waals surface area (Å²) in [5, 5.41) is 7.51. The van der Waals surface area contributed by atoms with E-state index in [4.69, 9.17) is 21.9 Å². The number of pyridine rings is 1. The third kappa shape index (κ3) is 8.30. The highest BCUT2D eigenvalue weighted by molar-refractivity contribution is 7.81. The van der Waals surface area contributed by atoms with E-state index in [0.717, 1.165) is 11.0 Å². The van der Waals surface area contributed by atoms with Crippen molar-refractivity contribution in [2.75, 3.05) is 25.5 Å². The molecule has 0 saturated heterocycles. The summed E-state index contributed by atoms with van der Waals surface area (Å²) in [7, 11) is 1.23. The number of nitrogens with zero attached hydrogens (tertiary/aromatic N) is 5. The normalized spacial score (nSPS) is 13.4. The quantitative estimate of drug-likeness (QED) is 0.0698. The Bertz CT molecular complexity index is 1510. The zero-order valence-electron chi connectivity index (χ0n) is 22.3. The first-order chi connectivity index (χ1) is 19.8. The molecule has 3 aromatic rings. The zero-order valence-corrected chi connectivity index (χ0v) is 24.0. The Kier molecular flexibility index (Phi) is 10.7. The number of ether oxygens (including phenoxy) is 1. The van der Waals surface area contributed by atoms with Gasteiger partial charge in [-0.1, -0.05) is 28.8 Å². The molecule has 0 aliphatic carbocycles. The molecule has 0 aliphatic rings. The summed E-state index contributed by atoms with van der Waals surface area (Å²) in [5.41, 5.74) is 6.97. The van der Waals surface area contributed by atoms with Gasteiger partial charge in [-0.3, -0.25) is 5.32 Å². The SMILES string of the molecule is CN(C(=O)NCc1cccc(F)c1Cl)[C@](C)(CC(F)(F)CN=[N+]=[N-])C(S)COC(=O)Nc1cc2cc(F)ccc2cn1. The van der Waals surface area contributed by atoms with Gasteiger partial charge in [-0.15, -0.1) is 0 Å². The van der Waals surface area contributed by atoms with Gasteiger partial charge in [0.05, 0.1) is 22.4 Å². The highest BCUT2D eigenvalue weighted by Crippen LogP contribution is 2.35. The van der Waals surface area contributed by atoms with Gasteiger partial charge in [0.15, 0.2) is 0 Å². The molecule has 16 heteroatoms. The fourth-order valence-electron chi connectivity index (χ4n) is 4.04. The van der Waals surface area contributed by atoms with Crippen LogP contribution in [0.2, 0.25) is 5.02 Å². The second kappa shape index (κ2) is 13.8. The van der Waals surface area contributed by atoms with E-state index >= 15 is 0 Å². The number of urea groups is 1. The third-order valence-electron chi connectivity index (χ3n) is 6.52. The molecule has 0 bridgehead atoms. The Morgan fingerprint density at radius 1 is 1.24 bits per heavy atom. The van der Waals surface area contributed by atoms with Crippen LogP contribution in [0.4, 0.5) is 33.0 Å². The minimum absolute atomic E-state index is 0.0463. The lowest BCUT2D eigenvalue weighted by Crippen LogP contribution is -2.59. The van der Waals surface area contributed by atoms with Crippen LogP contribution in [0.15, 0.2) is 53.8 Å². The van der Waals surface area contributed by atoms with Gasteiger partial charge in [-0.25, -0.2) is 32.1 Å². The van der Waals surface area contributed by atoms with Crippen LogP contribution >= 0.6 is 24.2 Å². The van der Waals surface area contributed by atoms with Crippen LogP contribution in [0.1, 0.15) is 18.9 Å². The van der Waals surface area contributed by atoms with Gasteiger partial charge in [0.2, 0.25) is 0 Å². The van der Waals surface area contributed by atoms with Crippen molar-refractivity contribution in [3.63, 3.8) is 0 Å². The average molecular weight is 628 g/mol. The third-order valence-corrected chi connectivity index (χ3v) is 7.65. The predicted molar refractivity (Wildman–Crippen MR) is 153 cm³/mol. The molecule has 2 aromatic carbocycles. The number of thiol groups is 1. The summed E-state index contributed by atoms with van der Waals surface area (Å²) in [4.78, 5) is 32.9. The highest BCUT2D eigenvalue weighted by Gasteiger charge is 2.47. The van der Waals surface area contributed by atoms with Crippen LogP contribution in [0, 0.1) is 11.6 Å². The van der Waals surface area contributed by atoms with E-state index in [1.165, 1.54) is 56.6 Å². The molecule has 1 heterocycles. The molecule has 2 atom stereocenters. The number of aromatic nitrogens is 1. The van der Waals surface area contributed by atoms with E-state index in [0.29, 0.717) is 10.8 Å². The number of halogens is 5. The number of hydrogen-bond acceptors (Lipinski definition) is 6. The first-order valence-corrected chi connectivity index (χ1v) is 13.2. The number of benzene rings is 2. The standard InChI is InChI=1S/C26H26ClF4N7O3S/c1-25(13-26(30,31)14-35-37-32,38(2)23(39)34-11-16-4-3-5-19(29)22(16)27)20(42)12-41-24(40)36-21-9-17-8-18(28)7-6-15(17)10-33-21/h3-10,20,42H,11-14H2,1-2H3,(H,34,39)(H,33,36,40)/t20?,25-/m1/s1.